The molecule has 7 rings (SSSR count). The lowest BCUT2D eigenvalue weighted by atomic mass is 9.86. The van der Waals surface area contributed by atoms with Gasteiger partial charge < -0.3 is 10.2 Å². The number of nitrogens with one attached hydrogen (secondary N) is 2. The van der Waals surface area contributed by atoms with Crippen LogP contribution in [-0.2, 0) is 6.54 Å². The average Bonchev–Trinajstić information content (AvgIpc) is 3.27. The first-order chi connectivity index (χ1) is 16.6. The van der Waals surface area contributed by atoms with E-state index in [1.54, 1.807) is 0 Å². The highest BCUT2D eigenvalue weighted by atomic mass is 15.4. The zero-order valence-electron chi connectivity index (χ0n) is 19.4. The maximum Gasteiger partial charge on any atom is 0.163 e. The van der Waals surface area contributed by atoms with Crippen molar-refractivity contribution in [2.24, 2.45) is 0 Å². The van der Waals surface area contributed by atoms with E-state index in [2.05, 4.69) is 77.7 Å². The Morgan fingerprint density at radius 3 is 2.50 bits per heavy atom. The van der Waals surface area contributed by atoms with Gasteiger partial charge in [-0.1, -0.05) is 30.3 Å². The number of nitrogens with zero attached hydrogens (tertiary/aromatic N) is 6. The monoisotopic (exact) mass is 452 g/mol. The highest BCUT2D eigenvalue weighted by molar-refractivity contribution is 5.61. The summed E-state index contributed by atoms with van der Waals surface area (Å²) in [6, 6.07) is 20.0. The lowest BCUT2D eigenvalue weighted by Gasteiger charge is -2.56. The number of anilines is 3. The number of pyridine rings is 1. The number of aryl methyl sites for hydroxylation is 2. The standard InChI is InChI=1S/C26H28N8/c1-17-10-23(29-24-11-18(2)31-32-24)30-26(28-17)20-8-9-25(27-13-20)33-15-21-12-22(16-33)34(21)14-19-6-4-3-5-7-19/h3-11,13,21-22H,12,14-16H2,1-2H3,(H2,28,29,30,31,32). The second-order valence-corrected chi connectivity index (χ2v) is 9.29. The molecule has 0 spiro atoms. The van der Waals surface area contributed by atoms with Gasteiger partial charge in [0.1, 0.15) is 11.6 Å². The average molecular weight is 453 g/mol. The van der Waals surface area contributed by atoms with Crippen LogP contribution in [0.2, 0.25) is 0 Å². The summed E-state index contributed by atoms with van der Waals surface area (Å²) in [4.78, 5) is 19.1. The van der Waals surface area contributed by atoms with E-state index in [9.17, 15) is 0 Å². The molecule has 2 atom stereocenters. The maximum atomic E-state index is 4.78. The van der Waals surface area contributed by atoms with E-state index < -0.39 is 0 Å². The molecule has 3 saturated heterocycles. The molecule has 8 heteroatoms. The molecule has 3 aliphatic heterocycles. The van der Waals surface area contributed by atoms with E-state index >= 15 is 0 Å². The first-order valence-electron chi connectivity index (χ1n) is 11.8. The number of benzene rings is 1. The summed E-state index contributed by atoms with van der Waals surface area (Å²) in [6.07, 6.45) is 3.17. The Bertz CT molecular complexity index is 1270. The van der Waals surface area contributed by atoms with Crippen LogP contribution in [0.15, 0.2) is 60.8 Å². The molecule has 3 aliphatic rings. The van der Waals surface area contributed by atoms with Crippen LogP contribution < -0.4 is 10.2 Å². The number of aromatic nitrogens is 5. The summed E-state index contributed by atoms with van der Waals surface area (Å²) in [5.74, 6) is 3.13. The third kappa shape index (κ3) is 4.12. The molecular formula is C26H28N8. The van der Waals surface area contributed by atoms with Crippen LogP contribution >= 0.6 is 0 Å². The summed E-state index contributed by atoms with van der Waals surface area (Å²) in [5.41, 5.74) is 4.18. The minimum Gasteiger partial charge on any atom is -0.353 e. The predicted octanol–water partition coefficient (Wildman–Crippen LogP) is 4.09. The van der Waals surface area contributed by atoms with E-state index in [-0.39, 0.29) is 0 Å². The van der Waals surface area contributed by atoms with E-state index in [0.29, 0.717) is 23.7 Å². The molecule has 8 nitrogen and oxygen atoms in total. The van der Waals surface area contributed by atoms with E-state index in [0.717, 1.165) is 48.2 Å². The molecule has 172 valence electrons. The minimum absolute atomic E-state index is 0.597. The van der Waals surface area contributed by atoms with Crippen LogP contribution in [0.5, 0.6) is 0 Å². The second kappa shape index (κ2) is 8.53. The van der Waals surface area contributed by atoms with Gasteiger partial charge in [0.2, 0.25) is 0 Å². The largest absolute Gasteiger partial charge is 0.353 e. The molecule has 3 aromatic heterocycles. The zero-order valence-corrected chi connectivity index (χ0v) is 19.4. The molecule has 4 aromatic rings. The Hall–Kier alpha value is -3.78. The third-order valence-corrected chi connectivity index (χ3v) is 6.70. The number of hydrogen-bond donors (Lipinski definition) is 2. The van der Waals surface area contributed by atoms with Crippen LogP contribution in [0.25, 0.3) is 11.4 Å². The lowest BCUT2D eigenvalue weighted by molar-refractivity contribution is -0.00867. The highest BCUT2D eigenvalue weighted by Gasteiger charge is 2.44. The SMILES string of the molecule is Cc1cc(Nc2cc(C)[nH]n2)nc(-c2ccc(N3CC4CC(C3)N4Cc3ccccc3)nc2)n1. The van der Waals surface area contributed by atoms with Gasteiger partial charge in [-0.3, -0.25) is 10.00 Å². The third-order valence-electron chi connectivity index (χ3n) is 6.70. The predicted molar refractivity (Wildman–Crippen MR) is 133 cm³/mol. The molecule has 34 heavy (non-hydrogen) atoms. The van der Waals surface area contributed by atoms with Crippen molar-refractivity contribution in [3.63, 3.8) is 0 Å². The summed E-state index contributed by atoms with van der Waals surface area (Å²) in [6.45, 7) is 7.01. The summed E-state index contributed by atoms with van der Waals surface area (Å²) >= 11 is 0. The number of H-pyrrole nitrogens is 1. The van der Waals surface area contributed by atoms with E-state index in [1.165, 1.54) is 12.0 Å². The van der Waals surface area contributed by atoms with Crippen molar-refractivity contribution < 1.29 is 0 Å². The maximum absolute atomic E-state index is 4.78. The van der Waals surface area contributed by atoms with Crippen LogP contribution in [-0.4, -0.2) is 55.2 Å². The molecule has 2 N–H and O–H groups in total. The van der Waals surface area contributed by atoms with Crippen molar-refractivity contribution in [3.8, 4) is 11.4 Å². The van der Waals surface area contributed by atoms with E-state index in [1.807, 2.05) is 32.2 Å². The fraction of sp³-hybridized carbons (Fsp3) is 0.308. The first-order valence-corrected chi connectivity index (χ1v) is 11.8. The lowest BCUT2D eigenvalue weighted by Crippen LogP contribution is -2.68. The number of rotatable bonds is 6. The first kappa shape index (κ1) is 20.8. The fourth-order valence-electron chi connectivity index (χ4n) is 5.01. The Morgan fingerprint density at radius 1 is 0.971 bits per heavy atom. The van der Waals surface area contributed by atoms with Crippen LogP contribution in [0, 0.1) is 13.8 Å². The molecule has 2 bridgehead atoms. The Kier molecular flexibility index (Phi) is 5.22. The number of piperazine rings is 1. The molecule has 1 aromatic carbocycles. The molecule has 2 unspecified atom stereocenters. The molecule has 0 amide bonds. The summed E-state index contributed by atoms with van der Waals surface area (Å²) < 4.78 is 0. The minimum atomic E-state index is 0.597. The van der Waals surface area contributed by atoms with Gasteiger partial charge in [-0.05, 0) is 38.0 Å². The van der Waals surface area contributed by atoms with Crippen molar-refractivity contribution in [2.75, 3.05) is 23.3 Å². The van der Waals surface area contributed by atoms with Crippen molar-refractivity contribution in [2.45, 2.75) is 38.9 Å². The van der Waals surface area contributed by atoms with Gasteiger partial charge in [0.25, 0.3) is 0 Å². The van der Waals surface area contributed by atoms with Gasteiger partial charge in [0.15, 0.2) is 11.6 Å². The Balaban J connectivity index is 1.14. The van der Waals surface area contributed by atoms with Crippen molar-refractivity contribution >= 4 is 17.5 Å². The van der Waals surface area contributed by atoms with Crippen molar-refractivity contribution in [1.29, 1.82) is 0 Å². The van der Waals surface area contributed by atoms with Gasteiger partial charge in [-0.25, -0.2) is 15.0 Å². The molecule has 0 saturated carbocycles. The van der Waals surface area contributed by atoms with Gasteiger partial charge in [0.05, 0.1) is 0 Å². The molecule has 3 fully saturated rings. The number of hydrogen-bond acceptors (Lipinski definition) is 7. The number of piperidine rings is 1. The quantitative estimate of drug-likeness (QED) is 0.456. The Morgan fingerprint density at radius 2 is 1.79 bits per heavy atom. The summed E-state index contributed by atoms with van der Waals surface area (Å²) in [7, 11) is 0. The molecule has 0 radical (unpaired) electrons. The van der Waals surface area contributed by atoms with Gasteiger partial charge in [0, 0.05) is 67.0 Å². The molecular weight excluding hydrogens is 424 g/mol. The van der Waals surface area contributed by atoms with Crippen LogP contribution in [0.1, 0.15) is 23.4 Å². The second-order valence-electron chi connectivity index (χ2n) is 9.29. The highest BCUT2D eigenvalue weighted by Crippen LogP contribution is 2.35. The molecule has 6 heterocycles. The number of aromatic amines is 1. The zero-order chi connectivity index (χ0) is 23.1. The Labute approximate surface area is 199 Å². The number of fused-ring (bicyclic) bond motifs is 2. The van der Waals surface area contributed by atoms with Gasteiger partial charge in [-0.15, -0.1) is 0 Å². The van der Waals surface area contributed by atoms with Crippen molar-refractivity contribution in [3.05, 3.63) is 77.7 Å². The van der Waals surface area contributed by atoms with Gasteiger partial charge in [-0.2, -0.15) is 5.10 Å². The van der Waals surface area contributed by atoms with Crippen LogP contribution in [0.3, 0.4) is 0 Å². The van der Waals surface area contributed by atoms with E-state index in [4.69, 9.17) is 4.98 Å². The normalized spacial score (nSPS) is 19.6. The molecule has 0 aliphatic carbocycles. The van der Waals surface area contributed by atoms with Gasteiger partial charge >= 0.3 is 0 Å². The fourth-order valence-corrected chi connectivity index (χ4v) is 5.01. The topological polar surface area (TPSA) is 85.9 Å². The summed E-state index contributed by atoms with van der Waals surface area (Å²) in [5, 5.41) is 10.4. The van der Waals surface area contributed by atoms with Crippen LogP contribution in [0.4, 0.5) is 17.5 Å². The smallest absolute Gasteiger partial charge is 0.163 e. The van der Waals surface area contributed by atoms with Crippen molar-refractivity contribution in [1.82, 2.24) is 30.0 Å².